The molecule has 0 amide bonds. The first-order chi connectivity index (χ1) is 9.34. The molecule has 0 saturated carbocycles. The van der Waals surface area contributed by atoms with E-state index in [2.05, 4.69) is 28.8 Å². The van der Waals surface area contributed by atoms with Crippen LogP contribution in [0.1, 0.15) is 5.56 Å². The quantitative estimate of drug-likeness (QED) is 0.698. The zero-order chi connectivity index (χ0) is 13.1. The monoisotopic (exact) mass is 249 g/mol. The summed E-state index contributed by atoms with van der Waals surface area (Å²) in [6, 6.07) is 19.8. The molecule has 0 atom stereocenters. The SMILES string of the molecule is O=c1ccn(CCc2ccccc2)c2ccccc12. The van der Waals surface area contributed by atoms with Crippen LogP contribution in [0.5, 0.6) is 0 Å². The fourth-order valence-electron chi connectivity index (χ4n) is 2.35. The van der Waals surface area contributed by atoms with Crippen LogP contribution in [-0.2, 0) is 13.0 Å². The van der Waals surface area contributed by atoms with E-state index in [4.69, 9.17) is 0 Å². The first-order valence-electron chi connectivity index (χ1n) is 6.47. The van der Waals surface area contributed by atoms with E-state index in [-0.39, 0.29) is 5.43 Å². The number of fused-ring (bicyclic) bond motifs is 1. The summed E-state index contributed by atoms with van der Waals surface area (Å²) in [5, 5.41) is 0.790. The molecule has 1 heterocycles. The highest BCUT2D eigenvalue weighted by molar-refractivity contribution is 5.78. The van der Waals surface area contributed by atoms with E-state index in [1.165, 1.54) is 5.56 Å². The molecule has 2 nitrogen and oxygen atoms in total. The Morgan fingerprint density at radius 3 is 2.42 bits per heavy atom. The first-order valence-corrected chi connectivity index (χ1v) is 6.47. The van der Waals surface area contributed by atoms with Crippen LogP contribution in [0.2, 0.25) is 0 Å². The van der Waals surface area contributed by atoms with Gasteiger partial charge in [-0.1, -0.05) is 42.5 Å². The van der Waals surface area contributed by atoms with Gasteiger partial charge in [-0.05, 0) is 24.1 Å². The second kappa shape index (κ2) is 5.11. The lowest BCUT2D eigenvalue weighted by molar-refractivity contribution is 0.716. The van der Waals surface area contributed by atoms with Crippen molar-refractivity contribution in [1.82, 2.24) is 4.57 Å². The van der Waals surface area contributed by atoms with Crippen LogP contribution in [0.4, 0.5) is 0 Å². The van der Waals surface area contributed by atoms with Gasteiger partial charge in [0, 0.05) is 24.2 Å². The van der Waals surface area contributed by atoms with Crippen LogP contribution in [0.3, 0.4) is 0 Å². The zero-order valence-corrected chi connectivity index (χ0v) is 10.6. The maximum atomic E-state index is 11.8. The minimum absolute atomic E-state index is 0.0894. The number of aryl methyl sites for hydroxylation is 2. The van der Waals surface area contributed by atoms with E-state index in [9.17, 15) is 4.79 Å². The molecule has 3 rings (SSSR count). The molecule has 3 aromatic rings. The Hall–Kier alpha value is -2.35. The van der Waals surface area contributed by atoms with Crippen molar-refractivity contribution in [2.45, 2.75) is 13.0 Å². The Morgan fingerprint density at radius 1 is 0.842 bits per heavy atom. The molecule has 0 aliphatic carbocycles. The van der Waals surface area contributed by atoms with Gasteiger partial charge in [0.25, 0.3) is 0 Å². The highest BCUT2D eigenvalue weighted by Crippen LogP contribution is 2.10. The summed E-state index contributed by atoms with van der Waals surface area (Å²) in [5.41, 5.74) is 2.41. The van der Waals surface area contributed by atoms with Gasteiger partial charge in [0.1, 0.15) is 0 Å². The topological polar surface area (TPSA) is 22.0 Å². The van der Waals surface area contributed by atoms with E-state index in [0.29, 0.717) is 0 Å². The summed E-state index contributed by atoms with van der Waals surface area (Å²) in [4.78, 5) is 11.8. The zero-order valence-electron chi connectivity index (χ0n) is 10.6. The van der Waals surface area contributed by atoms with E-state index >= 15 is 0 Å². The van der Waals surface area contributed by atoms with Gasteiger partial charge in [0.2, 0.25) is 0 Å². The number of pyridine rings is 1. The number of para-hydroxylation sites is 1. The van der Waals surface area contributed by atoms with Gasteiger partial charge < -0.3 is 4.57 Å². The second-order valence-electron chi connectivity index (χ2n) is 4.63. The van der Waals surface area contributed by atoms with Gasteiger partial charge in [-0.3, -0.25) is 4.79 Å². The van der Waals surface area contributed by atoms with Crippen molar-refractivity contribution in [2.24, 2.45) is 0 Å². The van der Waals surface area contributed by atoms with E-state index < -0.39 is 0 Å². The number of benzene rings is 2. The summed E-state index contributed by atoms with van der Waals surface area (Å²) in [7, 11) is 0. The Kier molecular flexibility index (Phi) is 3.15. The molecule has 1 aromatic heterocycles. The standard InChI is InChI=1S/C17H15NO/c19-17-11-13-18(16-9-5-4-8-15(16)17)12-10-14-6-2-1-3-7-14/h1-9,11,13H,10,12H2. The molecule has 0 saturated heterocycles. The summed E-state index contributed by atoms with van der Waals surface area (Å²) in [5.74, 6) is 0. The molecule has 19 heavy (non-hydrogen) atoms. The Bertz CT molecular complexity index is 744. The van der Waals surface area contributed by atoms with Crippen molar-refractivity contribution < 1.29 is 0 Å². The molecule has 0 aliphatic rings. The van der Waals surface area contributed by atoms with Gasteiger partial charge in [-0.15, -0.1) is 0 Å². The average molecular weight is 249 g/mol. The van der Waals surface area contributed by atoms with Crippen LogP contribution in [0, 0.1) is 0 Å². The predicted molar refractivity (Wildman–Crippen MR) is 78.4 cm³/mol. The lowest BCUT2D eigenvalue weighted by atomic mass is 10.1. The van der Waals surface area contributed by atoms with E-state index in [1.807, 2.05) is 36.5 Å². The first kappa shape index (κ1) is 11.7. The van der Waals surface area contributed by atoms with Gasteiger partial charge >= 0.3 is 0 Å². The largest absolute Gasteiger partial charge is 0.347 e. The maximum Gasteiger partial charge on any atom is 0.189 e. The molecular formula is C17H15NO. The van der Waals surface area contributed by atoms with Crippen molar-refractivity contribution in [1.29, 1.82) is 0 Å². The van der Waals surface area contributed by atoms with E-state index in [1.54, 1.807) is 6.07 Å². The van der Waals surface area contributed by atoms with Crippen LogP contribution in [-0.4, -0.2) is 4.57 Å². The molecule has 0 bridgehead atoms. The van der Waals surface area contributed by atoms with Crippen molar-refractivity contribution in [3.8, 4) is 0 Å². The second-order valence-corrected chi connectivity index (χ2v) is 4.63. The normalized spacial score (nSPS) is 10.7. The fourth-order valence-corrected chi connectivity index (χ4v) is 2.35. The third-order valence-electron chi connectivity index (χ3n) is 3.37. The van der Waals surface area contributed by atoms with Crippen LogP contribution in [0.15, 0.2) is 71.7 Å². The third-order valence-corrected chi connectivity index (χ3v) is 3.37. The van der Waals surface area contributed by atoms with Crippen molar-refractivity contribution in [2.75, 3.05) is 0 Å². The summed E-state index contributed by atoms with van der Waals surface area (Å²) in [6.07, 6.45) is 2.85. The average Bonchev–Trinajstić information content (AvgIpc) is 2.48. The van der Waals surface area contributed by atoms with Crippen molar-refractivity contribution in [3.05, 3.63) is 82.6 Å². The highest BCUT2D eigenvalue weighted by Gasteiger charge is 2.01. The number of rotatable bonds is 3. The molecule has 0 spiro atoms. The molecule has 2 heteroatoms. The number of hydrogen-bond donors (Lipinski definition) is 0. The summed E-state index contributed by atoms with van der Waals surface area (Å²) in [6.45, 7) is 0.880. The number of hydrogen-bond acceptors (Lipinski definition) is 1. The summed E-state index contributed by atoms with van der Waals surface area (Å²) >= 11 is 0. The predicted octanol–water partition coefficient (Wildman–Crippen LogP) is 3.24. The minimum atomic E-state index is 0.0894. The molecular weight excluding hydrogens is 234 g/mol. The van der Waals surface area contributed by atoms with Gasteiger partial charge in [0.05, 0.1) is 5.52 Å². The van der Waals surface area contributed by atoms with Crippen LogP contribution in [0.25, 0.3) is 10.9 Å². The number of nitrogens with zero attached hydrogens (tertiary/aromatic N) is 1. The summed E-state index contributed by atoms with van der Waals surface area (Å²) < 4.78 is 2.14. The smallest absolute Gasteiger partial charge is 0.189 e. The molecule has 0 radical (unpaired) electrons. The molecule has 0 N–H and O–H groups in total. The fraction of sp³-hybridized carbons (Fsp3) is 0.118. The van der Waals surface area contributed by atoms with Gasteiger partial charge in [-0.2, -0.15) is 0 Å². The van der Waals surface area contributed by atoms with E-state index in [0.717, 1.165) is 23.9 Å². The minimum Gasteiger partial charge on any atom is -0.347 e. The lowest BCUT2D eigenvalue weighted by Crippen LogP contribution is -2.09. The molecule has 2 aromatic carbocycles. The molecule has 94 valence electrons. The van der Waals surface area contributed by atoms with Crippen molar-refractivity contribution >= 4 is 10.9 Å². The Balaban J connectivity index is 1.94. The number of aromatic nitrogens is 1. The maximum absolute atomic E-state index is 11.8. The van der Waals surface area contributed by atoms with Gasteiger partial charge in [0.15, 0.2) is 5.43 Å². The van der Waals surface area contributed by atoms with Crippen LogP contribution >= 0.6 is 0 Å². The van der Waals surface area contributed by atoms with Crippen LogP contribution < -0.4 is 5.43 Å². The molecule has 0 unspecified atom stereocenters. The van der Waals surface area contributed by atoms with Gasteiger partial charge in [-0.25, -0.2) is 0 Å². The Labute approximate surface area is 111 Å². The third kappa shape index (κ3) is 2.43. The molecule has 0 fully saturated rings. The Morgan fingerprint density at radius 2 is 1.58 bits per heavy atom. The lowest BCUT2D eigenvalue weighted by Gasteiger charge is -2.10. The molecule has 0 aliphatic heterocycles. The highest BCUT2D eigenvalue weighted by atomic mass is 16.1. The van der Waals surface area contributed by atoms with Crippen molar-refractivity contribution in [3.63, 3.8) is 0 Å².